The van der Waals surface area contributed by atoms with Crippen LogP contribution in [0.15, 0.2) is 29.6 Å². The van der Waals surface area contributed by atoms with Crippen LogP contribution in [0.1, 0.15) is 34.9 Å². The number of nitrogens with zero attached hydrogens (tertiary/aromatic N) is 1. The Bertz CT molecular complexity index is 957. The maximum atomic E-state index is 11.8. The highest BCUT2D eigenvalue weighted by Gasteiger charge is 2.40. The van der Waals surface area contributed by atoms with Gasteiger partial charge in [0.25, 0.3) is 0 Å². The average Bonchev–Trinajstić information content (AvgIpc) is 3.23. The van der Waals surface area contributed by atoms with Gasteiger partial charge in [-0.25, -0.2) is 8.42 Å². The lowest BCUT2D eigenvalue weighted by atomic mass is 9.88. The van der Waals surface area contributed by atoms with Gasteiger partial charge < -0.3 is 14.6 Å². The molecule has 1 fully saturated rings. The molecule has 2 aromatic rings. The van der Waals surface area contributed by atoms with Crippen LogP contribution in [-0.2, 0) is 16.3 Å². The van der Waals surface area contributed by atoms with E-state index in [-0.39, 0.29) is 17.5 Å². The van der Waals surface area contributed by atoms with E-state index in [1.807, 2.05) is 18.2 Å². The number of ether oxygens (including phenoxy) is 2. The van der Waals surface area contributed by atoms with Gasteiger partial charge in [0.1, 0.15) is 0 Å². The van der Waals surface area contributed by atoms with E-state index in [0.29, 0.717) is 25.1 Å². The van der Waals surface area contributed by atoms with Crippen LogP contribution >= 0.6 is 11.3 Å². The van der Waals surface area contributed by atoms with Gasteiger partial charge in [0.05, 0.1) is 37.4 Å². The molecule has 1 aromatic carbocycles. The van der Waals surface area contributed by atoms with Gasteiger partial charge in [0.2, 0.25) is 0 Å². The Kier molecular flexibility index (Phi) is 5.63. The predicted octanol–water partition coefficient (Wildman–Crippen LogP) is 2.65. The van der Waals surface area contributed by atoms with Crippen molar-refractivity contribution in [1.82, 2.24) is 4.90 Å². The van der Waals surface area contributed by atoms with Crippen molar-refractivity contribution in [2.75, 3.05) is 38.8 Å². The van der Waals surface area contributed by atoms with Crippen molar-refractivity contribution in [1.29, 1.82) is 0 Å². The molecule has 1 saturated heterocycles. The molecule has 3 heterocycles. The molecule has 1 N–H and O–H groups in total. The van der Waals surface area contributed by atoms with E-state index in [4.69, 9.17) is 9.47 Å². The molecule has 8 heteroatoms. The lowest BCUT2D eigenvalue weighted by Crippen LogP contribution is -2.50. The van der Waals surface area contributed by atoms with Crippen LogP contribution in [0.2, 0.25) is 0 Å². The van der Waals surface area contributed by atoms with E-state index < -0.39 is 15.4 Å². The van der Waals surface area contributed by atoms with Crippen LogP contribution in [-0.4, -0.2) is 62.8 Å². The molecule has 158 valence electrons. The number of hydrogen-bond donors (Lipinski definition) is 1. The summed E-state index contributed by atoms with van der Waals surface area (Å²) in [6.07, 6.45) is 1.43. The molecule has 29 heavy (non-hydrogen) atoms. The summed E-state index contributed by atoms with van der Waals surface area (Å²) in [6, 6.07) is 8.24. The number of rotatable bonds is 5. The number of benzene rings is 1. The van der Waals surface area contributed by atoms with Gasteiger partial charge in [-0.05, 0) is 54.0 Å². The van der Waals surface area contributed by atoms with Gasteiger partial charge in [-0.2, -0.15) is 0 Å². The van der Waals surface area contributed by atoms with Crippen molar-refractivity contribution in [3.05, 3.63) is 45.6 Å². The van der Waals surface area contributed by atoms with E-state index >= 15 is 0 Å². The normalized spacial score (nSPS) is 23.3. The van der Waals surface area contributed by atoms with Crippen LogP contribution < -0.4 is 9.47 Å². The number of sulfone groups is 1. The van der Waals surface area contributed by atoms with Gasteiger partial charge in [-0.1, -0.05) is 6.07 Å². The van der Waals surface area contributed by atoms with E-state index in [1.165, 1.54) is 10.4 Å². The molecule has 2 aliphatic heterocycles. The van der Waals surface area contributed by atoms with E-state index in [2.05, 4.69) is 16.3 Å². The highest BCUT2D eigenvalue weighted by atomic mass is 32.2. The number of fused-ring (bicyclic) bond motifs is 1. The molecule has 0 radical (unpaired) electrons. The summed E-state index contributed by atoms with van der Waals surface area (Å²) >= 11 is 1.69. The molecular weight excluding hydrogens is 410 g/mol. The molecule has 0 amide bonds. The first kappa shape index (κ1) is 20.7. The second-order valence-electron chi connectivity index (χ2n) is 7.92. The molecule has 1 unspecified atom stereocenters. The first-order valence-electron chi connectivity index (χ1n) is 9.79. The summed E-state index contributed by atoms with van der Waals surface area (Å²) in [5, 5.41) is 13.2. The molecule has 0 aliphatic carbocycles. The number of thiophene rings is 1. The lowest BCUT2D eigenvalue weighted by molar-refractivity contribution is -0.0140. The van der Waals surface area contributed by atoms with E-state index in [0.717, 1.165) is 24.3 Å². The van der Waals surface area contributed by atoms with Crippen LogP contribution in [0.25, 0.3) is 0 Å². The minimum absolute atomic E-state index is 0.00103. The molecule has 2 aliphatic rings. The molecule has 0 bridgehead atoms. The quantitative estimate of drug-likeness (QED) is 0.775. The maximum absolute atomic E-state index is 11.8. The fraction of sp³-hybridized carbons (Fsp3) is 0.524. The van der Waals surface area contributed by atoms with E-state index in [1.54, 1.807) is 25.6 Å². The molecule has 1 aromatic heterocycles. The Morgan fingerprint density at radius 3 is 2.52 bits per heavy atom. The molecule has 4 rings (SSSR count). The topological polar surface area (TPSA) is 76.1 Å². The second-order valence-corrected chi connectivity index (χ2v) is 11.2. The number of hydrogen-bond acceptors (Lipinski definition) is 7. The summed E-state index contributed by atoms with van der Waals surface area (Å²) in [5.74, 6) is 1.53. The SMILES string of the molecule is COc1cc2c(cc1OC)C(c1cccs1)N(CC1(O)CCS(=O)(=O)CC1)CC2. The van der Waals surface area contributed by atoms with Gasteiger partial charge in [0.15, 0.2) is 21.3 Å². The van der Waals surface area contributed by atoms with Crippen molar-refractivity contribution >= 4 is 21.2 Å². The lowest BCUT2D eigenvalue weighted by Gasteiger charge is -2.43. The first-order valence-corrected chi connectivity index (χ1v) is 12.5. The van der Waals surface area contributed by atoms with Gasteiger partial charge in [-0.3, -0.25) is 4.90 Å². The van der Waals surface area contributed by atoms with Crippen LogP contribution in [0, 0.1) is 0 Å². The third-order valence-corrected chi connectivity index (χ3v) is 8.62. The van der Waals surface area contributed by atoms with Crippen LogP contribution in [0.5, 0.6) is 11.5 Å². The highest BCUT2D eigenvalue weighted by Crippen LogP contribution is 2.43. The smallest absolute Gasteiger partial charge is 0.161 e. The van der Waals surface area contributed by atoms with Gasteiger partial charge in [-0.15, -0.1) is 11.3 Å². The summed E-state index contributed by atoms with van der Waals surface area (Å²) in [6.45, 7) is 1.25. The average molecular weight is 438 g/mol. The molecule has 0 spiro atoms. The zero-order chi connectivity index (χ0) is 20.6. The summed E-state index contributed by atoms with van der Waals surface area (Å²) in [4.78, 5) is 3.49. The fourth-order valence-corrected chi connectivity index (χ4v) is 6.86. The molecule has 1 atom stereocenters. The number of methoxy groups -OCH3 is 2. The molecule has 0 saturated carbocycles. The van der Waals surface area contributed by atoms with Gasteiger partial charge >= 0.3 is 0 Å². The molecular formula is C21H27NO5S2. The van der Waals surface area contributed by atoms with Crippen molar-refractivity contribution < 1.29 is 23.0 Å². The van der Waals surface area contributed by atoms with Crippen molar-refractivity contribution in [3.63, 3.8) is 0 Å². The largest absolute Gasteiger partial charge is 0.493 e. The fourth-order valence-electron chi connectivity index (χ4n) is 4.40. The minimum atomic E-state index is -3.02. The third kappa shape index (κ3) is 4.17. The zero-order valence-corrected chi connectivity index (χ0v) is 18.4. The standard InChI is InChI=1S/C21H27NO5S2/c1-26-17-12-15-5-8-22(14-21(23)6-10-29(24,25)11-7-21)20(19-4-3-9-28-19)16(15)13-18(17)27-2/h3-4,9,12-13,20,23H,5-8,10-11,14H2,1-2H3. The monoisotopic (exact) mass is 437 g/mol. The minimum Gasteiger partial charge on any atom is -0.493 e. The number of aliphatic hydroxyl groups is 1. The Morgan fingerprint density at radius 2 is 1.90 bits per heavy atom. The van der Waals surface area contributed by atoms with Crippen LogP contribution in [0.4, 0.5) is 0 Å². The van der Waals surface area contributed by atoms with Crippen molar-refractivity contribution in [3.8, 4) is 11.5 Å². The summed E-state index contributed by atoms with van der Waals surface area (Å²) in [7, 11) is 0.253. The van der Waals surface area contributed by atoms with E-state index in [9.17, 15) is 13.5 Å². The third-order valence-electron chi connectivity index (χ3n) is 6.04. The Morgan fingerprint density at radius 1 is 1.21 bits per heavy atom. The first-order chi connectivity index (χ1) is 13.8. The van der Waals surface area contributed by atoms with Crippen molar-refractivity contribution in [2.45, 2.75) is 30.9 Å². The Balaban J connectivity index is 1.69. The van der Waals surface area contributed by atoms with Crippen molar-refractivity contribution in [2.24, 2.45) is 0 Å². The van der Waals surface area contributed by atoms with Crippen LogP contribution in [0.3, 0.4) is 0 Å². The Hall–Kier alpha value is -1.61. The maximum Gasteiger partial charge on any atom is 0.161 e. The summed E-state index contributed by atoms with van der Waals surface area (Å²) in [5.41, 5.74) is 1.40. The Labute approximate surface area is 176 Å². The number of β-amino-alcohol motifs (C(OH)–C–C–N with tert-alkyl or cyclic N) is 1. The van der Waals surface area contributed by atoms with Gasteiger partial charge in [0, 0.05) is 18.0 Å². The zero-order valence-electron chi connectivity index (χ0n) is 16.8. The highest BCUT2D eigenvalue weighted by molar-refractivity contribution is 7.91. The molecule has 6 nitrogen and oxygen atoms in total. The predicted molar refractivity (Wildman–Crippen MR) is 114 cm³/mol. The second kappa shape index (κ2) is 7.91. The summed E-state index contributed by atoms with van der Waals surface area (Å²) < 4.78 is 34.7.